The van der Waals surface area contributed by atoms with Crippen molar-refractivity contribution in [3.8, 4) is 5.75 Å². The minimum absolute atomic E-state index is 0.0817. The van der Waals surface area contributed by atoms with Gasteiger partial charge in [-0.1, -0.05) is 32.9 Å². The van der Waals surface area contributed by atoms with Gasteiger partial charge in [0.15, 0.2) is 0 Å². The van der Waals surface area contributed by atoms with Crippen LogP contribution in [0.3, 0.4) is 0 Å². The van der Waals surface area contributed by atoms with Crippen molar-refractivity contribution in [2.75, 3.05) is 7.05 Å². The van der Waals surface area contributed by atoms with E-state index in [1.54, 1.807) is 31.2 Å². The minimum Gasteiger partial charge on any atom is -0.469 e. The second-order valence-corrected chi connectivity index (χ2v) is 16.2. The first-order valence-corrected chi connectivity index (χ1v) is 15.1. The molecule has 0 radical (unpaired) electrons. The van der Waals surface area contributed by atoms with Gasteiger partial charge in [0, 0.05) is 23.7 Å². The number of sulfonamides is 1. The SMILES string of the molecule is Cc1ccc2c(S(=O)(=O)N(C)C(C)(C)C)ccc(OC(C)(C)S(=O)(=O)c3ccc(C(C)(C)C)cc3)c2n1. The molecule has 0 fully saturated rings. The molecule has 0 N–H and O–H groups in total. The standard InChI is InChI=1S/C28H38N2O5S2/c1-19-11-16-22-24(37(33,34)30(10)27(5,6)7)18-17-23(25(22)29-19)35-28(8,9)36(31,32)21-14-12-20(13-15-21)26(2,3)4/h11-18H,1-10H3. The Labute approximate surface area is 221 Å². The topological polar surface area (TPSA) is 93.6 Å². The van der Waals surface area contributed by atoms with Crippen molar-refractivity contribution in [3.05, 3.63) is 59.8 Å². The molecule has 202 valence electrons. The molecule has 0 saturated heterocycles. The number of fused-ring (bicyclic) bond motifs is 1. The van der Waals surface area contributed by atoms with Crippen molar-refractivity contribution in [1.82, 2.24) is 9.29 Å². The molecule has 2 aromatic carbocycles. The lowest BCUT2D eigenvalue weighted by molar-refractivity contribution is 0.194. The van der Waals surface area contributed by atoms with Crippen LogP contribution in [0.4, 0.5) is 0 Å². The molecule has 0 aliphatic carbocycles. The molecule has 7 nitrogen and oxygen atoms in total. The van der Waals surface area contributed by atoms with Crippen molar-refractivity contribution in [3.63, 3.8) is 0 Å². The average molecular weight is 547 g/mol. The summed E-state index contributed by atoms with van der Waals surface area (Å²) >= 11 is 0. The van der Waals surface area contributed by atoms with Gasteiger partial charge in [-0.2, -0.15) is 4.31 Å². The molecule has 3 rings (SSSR count). The Hall–Kier alpha value is -2.49. The van der Waals surface area contributed by atoms with E-state index in [0.717, 1.165) is 5.56 Å². The first-order valence-electron chi connectivity index (χ1n) is 12.1. The summed E-state index contributed by atoms with van der Waals surface area (Å²) in [4.78, 5) is 3.12. The highest BCUT2D eigenvalue weighted by Gasteiger charge is 2.39. The highest BCUT2D eigenvalue weighted by Crippen LogP contribution is 2.37. The largest absolute Gasteiger partial charge is 0.469 e. The van der Waals surface area contributed by atoms with Crippen LogP contribution >= 0.6 is 0 Å². The maximum Gasteiger partial charge on any atom is 0.243 e. The smallest absolute Gasteiger partial charge is 0.243 e. The molecule has 3 aromatic rings. The third-order valence-electron chi connectivity index (χ3n) is 6.54. The van der Waals surface area contributed by atoms with E-state index in [2.05, 4.69) is 25.8 Å². The fraction of sp³-hybridized carbons (Fsp3) is 0.464. The number of aromatic nitrogens is 1. The van der Waals surface area contributed by atoms with Gasteiger partial charge in [-0.25, -0.2) is 21.8 Å². The second-order valence-electron chi connectivity index (χ2n) is 11.8. The van der Waals surface area contributed by atoms with Crippen molar-refractivity contribution in [2.45, 2.75) is 88.0 Å². The van der Waals surface area contributed by atoms with Gasteiger partial charge >= 0.3 is 0 Å². The van der Waals surface area contributed by atoms with E-state index < -0.39 is 30.3 Å². The molecule has 0 saturated carbocycles. The van der Waals surface area contributed by atoms with Crippen molar-refractivity contribution >= 4 is 30.8 Å². The van der Waals surface area contributed by atoms with Crippen molar-refractivity contribution < 1.29 is 21.6 Å². The fourth-order valence-corrected chi connectivity index (χ4v) is 6.78. The van der Waals surface area contributed by atoms with E-state index in [1.165, 1.54) is 37.3 Å². The van der Waals surface area contributed by atoms with E-state index in [4.69, 9.17) is 4.74 Å². The zero-order chi connectivity index (χ0) is 28.2. The molecule has 0 unspecified atom stereocenters. The molecule has 1 aromatic heterocycles. The van der Waals surface area contributed by atoms with Crippen LogP contribution in [0.25, 0.3) is 10.9 Å². The van der Waals surface area contributed by atoms with E-state index in [1.807, 2.05) is 32.9 Å². The summed E-state index contributed by atoms with van der Waals surface area (Å²) in [7, 11) is -6.25. The van der Waals surface area contributed by atoms with Gasteiger partial charge in [0.25, 0.3) is 0 Å². The number of hydrogen-bond donors (Lipinski definition) is 0. The van der Waals surface area contributed by atoms with Crippen LogP contribution in [0, 0.1) is 6.92 Å². The maximum absolute atomic E-state index is 13.6. The van der Waals surface area contributed by atoms with E-state index in [9.17, 15) is 16.8 Å². The molecular formula is C28H38N2O5S2. The summed E-state index contributed by atoms with van der Waals surface area (Å²) in [5, 5.41) is 0.363. The minimum atomic E-state index is -3.93. The Balaban J connectivity index is 2.11. The first kappa shape index (κ1) is 29.1. The number of rotatable bonds is 6. The highest BCUT2D eigenvalue weighted by molar-refractivity contribution is 7.92. The van der Waals surface area contributed by atoms with Gasteiger partial charge in [-0.05, 0) is 88.9 Å². The molecule has 9 heteroatoms. The van der Waals surface area contributed by atoms with E-state index in [-0.39, 0.29) is 26.5 Å². The Kier molecular flexibility index (Phi) is 7.36. The van der Waals surface area contributed by atoms with Gasteiger partial charge in [0.1, 0.15) is 11.3 Å². The number of nitrogens with zero attached hydrogens (tertiary/aromatic N) is 2. The fourth-order valence-electron chi connectivity index (χ4n) is 3.82. The lowest BCUT2D eigenvalue weighted by atomic mass is 9.87. The molecular weight excluding hydrogens is 508 g/mol. The van der Waals surface area contributed by atoms with Crippen molar-refractivity contribution in [1.29, 1.82) is 0 Å². The number of ether oxygens (including phenoxy) is 1. The summed E-state index contributed by atoms with van der Waals surface area (Å²) in [5.74, 6) is 0.191. The zero-order valence-electron chi connectivity index (χ0n) is 23.4. The second kappa shape index (κ2) is 9.36. The number of benzene rings is 2. The summed E-state index contributed by atoms with van der Waals surface area (Å²) in [6, 6.07) is 13.2. The van der Waals surface area contributed by atoms with Gasteiger partial charge in [-0.15, -0.1) is 0 Å². The Bertz CT molecular complexity index is 1530. The average Bonchev–Trinajstić information content (AvgIpc) is 2.77. The monoisotopic (exact) mass is 546 g/mol. The summed E-state index contributed by atoms with van der Waals surface area (Å²) in [5.41, 5.74) is 1.20. The number of pyridine rings is 1. The lowest BCUT2D eigenvalue weighted by Crippen LogP contribution is -2.42. The van der Waals surface area contributed by atoms with Crippen LogP contribution in [-0.4, -0.2) is 43.6 Å². The predicted octanol–water partition coefficient (Wildman–Crippen LogP) is 5.85. The molecule has 0 spiro atoms. The Morgan fingerprint density at radius 3 is 1.86 bits per heavy atom. The quantitative estimate of drug-likeness (QED) is 0.385. The summed E-state index contributed by atoms with van der Waals surface area (Å²) in [6.07, 6.45) is 0. The van der Waals surface area contributed by atoms with Crippen LogP contribution in [-0.2, 0) is 25.3 Å². The number of aryl methyl sites for hydroxylation is 1. The van der Waals surface area contributed by atoms with Gasteiger partial charge in [0.2, 0.25) is 24.8 Å². The normalized spacial score (nSPS) is 13.8. The first-order chi connectivity index (χ1) is 16.7. The lowest BCUT2D eigenvalue weighted by Gasteiger charge is -2.31. The molecule has 0 aliphatic heterocycles. The molecule has 0 amide bonds. The van der Waals surface area contributed by atoms with Crippen LogP contribution < -0.4 is 4.74 Å². The Morgan fingerprint density at radius 1 is 0.784 bits per heavy atom. The maximum atomic E-state index is 13.6. The third-order valence-corrected chi connectivity index (χ3v) is 11.0. The van der Waals surface area contributed by atoms with Crippen LogP contribution in [0.2, 0.25) is 0 Å². The van der Waals surface area contributed by atoms with E-state index in [0.29, 0.717) is 11.1 Å². The Morgan fingerprint density at radius 2 is 1.35 bits per heavy atom. The van der Waals surface area contributed by atoms with Crippen LogP contribution in [0.5, 0.6) is 5.75 Å². The number of hydrogen-bond acceptors (Lipinski definition) is 6. The summed E-state index contributed by atoms with van der Waals surface area (Å²) in [6.45, 7) is 16.4. The predicted molar refractivity (Wildman–Crippen MR) is 148 cm³/mol. The number of sulfone groups is 1. The van der Waals surface area contributed by atoms with Crippen molar-refractivity contribution in [2.24, 2.45) is 0 Å². The zero-order valence-corrected chi connectivity index (χ0v) is 25.0. The molecule has 0 aliphatic rings. The van der Waals surface area contributed by atoms with E-state index >= 15 is 0 Å². The molecule has 0 atom stereocenters. The van der Waals surface area contributed by atoms with Gasteiger partial charge in [-0.3, -0.25) is 0 Å². The molecule has 37 heavy (non-hydrogen) atoms. The van der Waals surface area contributed by atoms with Crippen LogP contribution in [0.15, 0.2) is 58.3 Å². The van der Waals surface area contributed by atoms with Crippen LogP contribution in [0.1, 0.15) is 66.6 Å². The third kappa shape index (κ3) is 5.54. The highest BCUT2D eigenvalue weighted by atomic mass is 32.2. The molecule has 0 bridgehead atoms. The van der Waals surface area contributed by atoms with Gasteiger partial charge < -0.3 is 4.74 Å². The molecule has 1 heterocycles. The summed E-state index contributed by atoms with van der Waals surface area (Å²) < 4.78 is 61.6. The van der Waals surface area contributed by atoms with Gasteiger partial charge in [0.05, 0.1) is 9.79 Å².